The molecule has 1 heterocycles. The summed E-state index contributed by atoms with van der Waals surface area (Å²) in [5, 5.41) is 4.93. The molecule has 0 spiro atoms. The third-order valence-electron chi connectivity index (χ3n) is 12.3. The summed E-state index contributed by atoms with van der Waals surface area (Å²) in [5.41, 5.74) is 17.5. The first-order valence-electron chi connectivity index (χ1n) is 20.4. The molecule has 10 aromatic rings. The fraction of sp³-hybridized carbons (Fsp3) is 0.0526. The number of rotatable bonds is 6. The predicted octanol–water partition coefficient (Wildman–Crippen LogP) is 15.1. The van der Waals surface area contributed by atoms with Crippen LogP contribution in [0.15, 0.2) is 206 Å². The molecule has 0 saturated heterocycles. The second kappa shape index (κ2) is 13.9. The lowest BCUT2D eigenvalue weighted by atomic mass is 9.81. The van der Waals surface area contributed by atoms with E-state index in [0.29, 0.717) is 5.82 Å². The van der Waals surface area contributed by atoms with E-state index in [0.717, 1.165) is 39.0 Å². The molecule has 1 aromatic heterocycles. The third-order valence-corrected chi connectivity index (χ3v) is 12.3. The maximum Gasteiger partial charge on any atom is 0.160 e. The van der Waals surface area contributed by atoms with Crippen molar-refractivity contribution in [2.75, 3.05) is 0 Å². The van der Waals surface area contributed by atoms with E-state index in [1.54, 1.807) is 0 Å². The number of hydrogen-bond donors (Lipinski definition) is 0. The number of hydrogen-bond acceptors (Lipinski definition) is 2. The van der Waals surface area contributed by atoms with Crippen LogP contribution in [0.4, 0.5) is 0 Å². The van der Waals surface area contributed by atoms with Gasteiger partial charge in [0.15, 0.2) is 5.82 Å². The molecule has 0 fully saturated rings. The lowest BCUT2D eigenvalue weighted by Crippen LogP contribution is -2.14. The molecule has 0 radical (unpaired) electrons. The summed E-state index contributed by atoms with van der Waals surface area (Å²) in [4.78, 5) is 10.4. The predicted molar refractivity (Wildman–Crippen MR) is 247 cm³/mol. The highest BCUT2D eigenvalue weighted by Gasteiger charge is 2.35. The molecule has 59 heavy (non-hydrogen) atoms. The molecule has 11 rings (SSSR count). The molecule has 0 aliphatic heterocycles. The Hall–Kier alpha value is -7.42. The Balaban J connectivity index is 0.976. The van der Waals surface area contributed by atoms with Crippen molar-refractivity contribution in [1.82, 2.24) is 9.97 Å². The lowest BCUT2D eigenvalue weighted by Gasteiger charge is -2.22. The van der Waals surface area contributed by atoms with Gasteiger partial charge in [0.25, 0.3) is 0 Å². The van der Waals surface area contributed by atoms with Crippen molar-refractivity contribution in [3.8, 4) is 78.4 Å². The summed E-state index contributed by atoms with van der Waals surface area (Å²) >= 11 is 0. The van der Waals surface area contributed by atoms with Crippen LogP contribution in [0.2, 0.25) is 0 Å². The molecule has 9 aromatic carbocycles. The van der Waals surface area contributed by atoms with Crippen LogP contribution in [0.5, 0.6) is 0 Å². The topological polar surface area (TPSA) is 25.8 Å². The second-order valence-electron chi connectivity index (χ2n) is 16.2. The number of fused-ring (bicyclic) bond motifs is 5. The molecule has 0 amide bonds. The highest BCUT2D eigenvalue weighted by molar-refractivity contribution is 6.05. The summed E-state index contributed by atoms with van der Waals surface area (Å²) in [5.74, 6) is 0.707. The zero-order valence-electron chi connectivity index (χ0n) is 33.0. The fourth-order valence-corrected chi connectivity index (χ4v) is 9.17. The average molecular weight is 753 g/mol. The normalized spacial score (nSPS) is 12.7. The third kappa shape index (κ3) is 6.04. The summed E-state index contributed by atoms with van der Waals surface area (Å²) < 4.78 is 0. The molecular formula is C57H40N2. The second-order valence-corrected chi connectivity index (χ2v) is 16.2. The van der Waals surface area contributed by atoms with Gasteiger partial charge in [-0.15, -0.1) is 0 Å². The molecule has 2 nitrogen and oxygen atoms in total. The summed E-state index contributed by atoms with van der Waals surface area (Å²) in [6.07, 6.45) is 0. The Morgan fingerprint density at radius 2 is 0.831 bits per heavy atom. The van der Waals surface area contributed by atoms with Gasteiger partial charge in [0.05, 0.1) is 11.4 Å². The standard InChI is InChI=1S/C57H40N2/c1-57(2)52-31-28-44(34-50(52)51-33-42-18-9-10-19-43(42)35-53(51)57)38-24-26-39(27-25-38)46-29-30-49(48-23-12-11-22-47(46)48)55-36-54(58-56(59-55)40-16-7-4-8-17-40)45-21-13-20-41(32-45)37-14-5-3-6-15-37/h3-36H,1-2H3. The molecule has 0 unspecified atom stereocenters. The molecular weight excluding hydrogens is 713 g/mol. The minimum absolute atomic E-state index is 0.0474. The van der Waals surface area contributed by atoms with Crippen molar-refractivity contribution in [3.05, 3.63) is 217 Å². The molecule has 0 saturated carbocycles. The van der Waals surface area contributed by atoms with Gasteiger partial charge in [-0.25, -0.2) is 9.97 Å². The van der Waals surface area contributed by atoms with Crippen LogP contribution in [0.25, 0.3) is 100.0 Å². The van der Waals surface area contributed by atoms with E-state index in [-0.39, 0.29) is 5.41 Å². The zero-order chi connectivity index (χ0) is 39.5. The van der Waals surface area contributed by atoms with Gasteiger partial charge in [0, 0.05) is 22.1 Å². The maximum atomic E-state index is 5.23. The van der Waals surface area contributed by atoms with E-state index in [1.165, 1.54) is 66.2 Å². The van der Waals surface area contributed by atoms with Crippen LogP contribution < -0.4 is 0 Å². The SMILES string of the molecule is CC1(C)c2ccc(-c3ccc(-c4ccc(-c5cc(-c6cccc(-c7ccccc7)c6)nc(-c6ccccc6)n5)c5ccccc45)cc3)cc2-c2cc3ccccc3cc21. The number of aromatic nitrogens is 2. The Bertz CT molecular complexity index is 3220. The van der Waals surface area contributed by atoms with Crippen molar-refractivity contribution in [2.45, 2.75) is 19.3 Å². The van der Waals surface area contributed by atoms with E-state index in [2.05, 4.69) is 202 Å². The fourth-order valence-electron chi connectivity index (χ4n) is 9.17. The van der Waals surface area contributed by atoms with Crippen molar-refractivity contribution in [2.24, 2.45) is 0 Å². The van der Waals surface area contributed by atoms with Crippen LogP contribution in [0.3, 0.4) is 0 Å². The molecule has 2 heteroatoms. The van der Waals surface area contributed by atoms with Gasteiger partial charge in [-0.1, -0.05) is 190 Å². The number of nitrogens with zero attached hydrogens (tertiary/aromatic N) is 2. The van der Waals surface area contributed by atoms with Crippen LogP contribution in [0, 0.1) is 0 Å². The first kappa shape index (κ1) is 34.8. The van der Waals surface area contributed by atoms with Crippen LogP contribution in [0.1, 0.15) is 25.0 Å². The van der Waals surface area contributed by atoms with E-state index in [4.69, 9.17) is 9.97 Å². The minimum atomic E-state index is -0.0474. The lowest BCUT2D eigenvalue weighted by molar-refractivity contribution is 0.661. The summed E-state index contributed by atoms with van der Waals surface area (Å²) in [6.45, 7) is 4.71. The summed E-state index contributed by atoms with van der Waals surface area (Å²) in [7, 11) is 0. The largest absolute Gasteiger partial charge is 0.228 e. The van der Waals surface area contributed by atoms with Gasteiger partial charge in [0.1, 0.15) is 0 Å². The molecule has 0 atom stereocenters. The highest BCUT2D eigenvalue weighted by atomic mass is 14.9. The molecule has 1 aliphatic carbocycles. The Labute approximate surface area is 345 Å². The highest BCUT2D eigenvalue weighted by Crippen LogP contribution is 2.51. The molecule has 0 bridgehead atoms. The Morgan fingerprint density at radius 3 is 1.59 bits per heavy atom. The Morgan fingerprint density at radius 1 is 0.305 bits per heavy atom. The minimum Gasteiger partial charge on any atom is -0.228 e. The van der Waals surface area contributed by atoms with Crippen LogP contribution >= 0.6 is 0 Å². The van der Waals surface area contributed by atoms with E-state index in [9.17, 15) is 0 Å². The monoisotopic (exact) mass is 752 g/mol. The van der Waals surface area contributed by atoms with Gasteiger partial charge in [0.2, 0.25) is 0 Å². The van der Waals surface area contributed by atoms with Crippen LogP contribution in [-0.2, 0) is 5.41 Å². The molecule has 278 valence electrons. The first-order chi connectivity index (χ1) is 29.0. The van der Waals surface area contributed by atoms with Gasteiger partial charge < -0.3 is 0 Å². The van der Waals surface area contributed by atoms with E-state index < -0.39 is 0 Å². The van der Waals surface area contributed by atoms with Gasteiger partial charge in [-0.2, -0.15) is 0 Å². The van der Waals surface area contributed by atoms with Gasteiger partial charge >= 0.3 is 0 Å². The maximum absolute atomic E-state index is 5.23. The van der Waals surface area contributed by atoms with Crippen molar-refractivity contribution < 1.29 is 0 Å². The quantitative estimate of drug-likeness (QED) is 0.169. The van der Waals surface area contributed by atoms with Gasteiger partial charge in [-0.3, -0.25) is 0 Å². The van der Waals surface area contributed by atoms with Crippen molar-refractivity contribution >= 4 is 21.5 Å². The van der Waals surface area contributed by atoms with E-state index in [1.807, 2.05) is 18.2 Å². The van der Waals surface area contributed by atoms with Crippen molar-refractivity contribution in [1.29, 1.82) is 0 Å². The van der Waals surface area contributed by atoms with Crippen LogP contribution in [-0.4, -0.2) is 9.97 Å². The van der Waals surface area contributed by atoms with E-state index >= 15 is 0 Å². The molecule has 0 N–H and O–H groups in total. The Kier molecular flexibility index (Phi) is 8.20. The average Bonchev–Trinajstić information content (AvgIpc) is 3.52. The first-order valence-corrected chi connectivity index (χ1v) is 20.4. The molecule has 1 aliphatic rings. The number of benzene rings is 9. The zero-order valence-corrected chi connectivity index (χ0v) is 33.0. The summed E-state index contributed by atoms with van der Waals surface area (Å²) in [6, 6.07) is 74.4. The smallest absolute Gasteiger partial charge is 0.160 e. The van der Waals surface area contributed by atoms with Gasteiger partial charge in [-0.05, 0) is 108 Å². The van der Waals surface area contributed by atoms with Crippen molar-refractivity contribution in [3.63, 3.8) is 0 Å².